The maximum Gasteiger partial charge on any atom is 0.141 e. The van der Waals surface area contributed by atoms with Gasteiger partial charge in [-0.25, -0.2) is 4.39 Å². The second kappa shape index (κ2) is 3.85. The standard InChI is InChI=1S/C10H8ClFOS/c11-4-8-6(5-13)3-9(12)10-7(8)1-2-14-10/h1-3,13H,4-5H2. The molecule has 74 valence electrons. The first-order valence-electron chi connectivity index (χ1n) is 4.12. The van der Waals surface area contributed by atoms with Gasteiger partial charge in [0, 0.05) is 11.3 Å². The van der Waals surface area contributed by atoms with E-state index in [1.165, 1.54) is 17.4 Å². The summed E-state index contributed by atoms with van der Waals surface area (Å²) in [6.45, 7) is -0.176. The summed E-state index contributed by atoms with van der Waals surface area (Å²) in [5, 5.41) is 11.7. The maximum atomic E-state index is 13.4. The summed E-state index contributed by atoms with van der Waals surface area (Å²) in [5.74, 6) is 0.0107. The first-order chi connectivity index (χ1) is 6.77. The molecule has 1 aromatic carbocycles. The summed E-state index contributed by atoms with van der Waals surface area (Å²) < 4.78 is 14.0. The molecule has 0 aliphatic heterocycles. The zero-order valence-corrected chi connectivity index (χ0v) is 8.83. The van der Waals surface area contributed by atoms with E-state index in [2.05, 4.69) is 0 Å². The van der Waals surface area contributed by atoms with E-state index >= 15 is 0 Å². The van der Waals surface area contributed by atoms with E-state index in [0.29, 0.717) is 16.1 Å². The third kappa shape index (κ3) is 1.41. The number of halogens is 2. The molecule has 0 unspecified atom stereocenters. The van der Waals surface area contributed by atoms with Crippen LogP contribution in [0.5, 0.6) is 0 Å². The van der Waals surface area contributed by atoms with Crippen LogP contribution in [0.2, 0.25) is 0 Å². The minimum Gasteiger partial charge on any atom is -0.392 e. The summed E-state index contributed by atoms with van der Waals surface area (Å²) in [6, 6.07) is 3.19. The molecule has 2 aromatic rings. The number of aliphatic hydroxyl groups excluding tert-OH is 1. The Morgan fingerprint density at radius 2 is 2.29 bits per heavy atom. The Hall–Kier alpha value is -0.640. The monoisotopic (exact) mass is 230 g/mol. The first-order valence-corrected chi connectivity index (χ1v) is 5.53. The van der Waals surface area contributed by atoms with E-state index < -0.39 is 0 Å². The molecule has 1 aromatic heterocycles. The number of thiophene rings is 1. The predicted molar refractivity (Wildman–Crippen MR) is 57.3 cm³/mol. The van der Waals surface area contributed by atoms with Crippen LogP contribution in [0.15, 0.2) is 17.5 Å². The van der Waals surface area contributed by atoms with E-state index in [9.17, 15) is 4.39 Å². The molecule has 0 spiro atoms. The Morgan fingerprint density at radius 3 is 2.93 bits per heavy atom. The van der Waals surface area contributed by atoms with Gasteiger partial charge in [0.15, 0.2) is 0 Å². The van der Waals surface area contributed by atoms with Crippen molar-refractivity contribution in [1.82, 2.24) is 0 Å². The van der Waals surface area contributed by atoms with Crippen LogP contribution >= 0.6 is 22.9 Å². The normalized spacial score (nSPS) is 11.1. The minimum atomic E-state index is -0.284. The van der Waals surface area contributed by atoms with Gasteiger partial charge >= 0.3 is 0 Å². The highest BCUT2D eigenvalue weighted by Crippen LogP contribution is 2.30. The first kappa shape index (κ1) is 9.90. The Bertz CT molecular complexity index is 466. The van der Waals surface area contributed by atoms with Crippen molar-refractivity contribution in [2.75, 3.05) is 0 Å². The van der Waals surface area contributed by atoms with Crippen LogP contribution in [0.3, 0.4) is 0 Å². The van der Waals surface area contributed by atoms with E-state index in [4.69, 9.17) is 16.7 Å². The van der Waals surface area contributed by atoms with E-state index in [1.807, 2.05) is 11.4 Å². The molecule has 0 amide bonds. The number of aliphatic hydroxyl groups is 1. The lowest BCUT2D eigenvalue weighted by Gasteiger charge is -2.06. The van der Waals surface area contributed by atoms with E-state index in [0.717, 1.165) is 10.9 Å². The number of alkyl halides is 1. The molecule has 0 atom stereocenters. The van der Waals surface area contributed by atoms with Crippen LogP contribution in [0.25, 0.3) is 10.1 Å². The SMILES string of the molecule is OCc1cc(F)c2sccc2c1CCl. The lowest BCUT2D eigenvalue weighted by molar-refractivity contribution is 0.280. The van der Waals surface area contributed by atoms with Gasteiger partial charge in [-0.3, -0.25) is 0 Å². The van der Waals surface area contributed by atoms with Crippen molar-refractivity contribution in [2.24, 2.45) is 0 Å². The minimum absolute atomic E-state index is 0.176. The van der Waals surface area contributed by atoms with Gasteiger partial charge in [0.1, 0.15) is 5.82 Å². The lowest BCUT2D eigenvalue weighted by atomic mass is 10.1. The van der Waals surface area contributed by atoms with Crippen molar-refractivity contribution in [2.45, 2.75) is 12.5 Å². The summed E-state index contributed by atoms with van der Waals surface area (Å²) >= 11 is 7.12. The Kier molecular flexibility index (Phi) is 2.72. The second-order valence-corrected chi connectivity index (χ2v) is 4.13. The zero-order chi connectivity index (χ0) is 10.1. The van der Waals surface area contributed by atoms with E-state index in [1.54, 1.807) is 0 Å². The average Bonchev–Trinajstić information content (AvgIpc) is 2.66. The van der Waals surface area contributed by atoms with Gasteiger partial charge in [-0.05, 0) is 28.6 Å². The molecule has 0 aliphatic carbocycles. The second-order valence-electron chi connectivity index (χ2n) is 2.95. The van der Waals surface area contributed by atoms with Crippen LogP contribution in [0.4, 0.5) is 4.39 Å². The predicted octanol–water partition coefficient (Wildman–Crippen LogP) is 3.27. The van der Waals surface area contributed by atoms with Crippen molar-refractivity contribution < 1.29 is 9.50 Å². The topological polar surface area (TPSA) is 20.2 Å². The largest absolute Gasteiger partial charge is 0.392 e. The zero-order valence-electron chi connectivity index (χ0n) is 7.26. The number of hydrogen-bond donors (Lipinski definition) is 1. The third-order valence-electron chi connectivity index (χ3n) is 2.20. The molecular weight excluding hydrogens is 223 g/mol. The fourth-order valence-corrected chi connectivity index (χ4v) is 2.65. The smallest absolute Gasteiger partial charge is 0.141 e. The Morgan fingerprint density at radius 1 is 1.50 bits per heavy atom. The van der Waals surface area contributed by atoms with Crippen molar-refractivity contribution in [1.29, 1.82) is 0 Å². The highest BCUT2D eigenvalue weighted by atomic mass is 35.5. The molecule has 1 nitrogen and oxygen atoms in total. The van der Waals surface area contributed by atoms with Crippen molar-refractivity contribution in [3.63, 3.8) is 0 Å². The van der Waals surface area contributed by atoms with Gasteiger partial charge in [-0.1, -0.05) is 0 Å². The molecule has 2 rings (SSSR count). The summed E-state index contributed by atoms with van der Waals surface area (Å²) in [4.78, 5) is 0. The molecule has 0 bridgehead atoms. The van der Waals surface area contributed by atoms with Gasteiger partial charge in [0.2, 0.25) is 0 Å². The van der Waals surface area contributed by atoms with Crippen molar-refractivity contribution in [3.05, 3.63) is 34.5 Å². The van der Waals surface area contributed by atoms with Crippen LogP contribution in [0.1, 0.15) is 11.1 Å². The number of hydrogen-bond acceptors (Lipinski definition) is 2. The fourth-order valence-electron chi connectivity index (χ4n) is 1.51. The summed E-state index contributed by atoms with van der Waals surface area (Å²) in [5.41, 5.74) is 1.40. The maximum absolute atomic E-state index is 13.4. The summed E-state index contributed by atoms with van der Waals surface area (Å²) in [6.07, 6.45) is 0. The molecule has 0 aliphatic rings. The van der Waals surface area contributed by atoms with Crippen molar-refractivity contribution in [3.8, 4) is 0 Å². The average molecular weight is 231 g/mol. The van der Waals surface area contributed by atoms with Crippen LogP contribution in [-0.4, -0.2) is 5.11 Å². The Labute approximate surface area is 89.7 Å². The van der Waals surface area contributed by atoms with Gasteiger partial charge < -0.3 is 5.11 Å². The molecule has 0 fully saturated rings. The molecule has 1 heterocycles. The van der Waals surface area contributed by atoms with Crippen molar-refractivity contribution >= 4 is 33.0 Å². The molecule has 4 heteroatoms. The van der Waals surface area contributed by atoms with Gasteiger partial charge in [-0.15, -0.1) is 22.9 Å². The third-order valence-corrected chi connectivity index (χ3v) is 3.39. The van der Waals surface area contributed by atoms with Gasteiger partial charge in [-0.2, -0.15) is 0 Å². The highest BCUT2D eigenvalue weighted by molar-refractivity contribution is 7.17. The lowest BCUT2D eigenvalue weighted by Crippen LogP contribution is -1.93. The quantitative estimate of drug-likeness (QED) is 0.786. The van der Waals surface area contributed by atoms with Crippen LogP contribution < -0.4 is 0 Å². The number of rotatable bonds is 2. The number of fused-ring (bicyclic) bond motifs is 1. The molecule has 0 saturated carbocycles. The summed E-state index contributed by atoms with van der Waals surface area (Å²) in [7, 11) is 0. The molecular formula is C10H8ClFOS. The molecule has 0 radical (unpaired) electrons. The molecule has 14 heavy (non-hydrogen) atoms. The van der Waals surface area contributed by atoms with Gasteiger partial charge in [0.05, 0.1) is 11.3 Å². The molecule has 1 N–H and O–H groups in total. The van der Waals surface area contributed by atoms with Gasteiger partial charge in [0.25, 0.3) is 0 Å². The molecule has 0 saturated heterocycles. The Balaban J connectivity index is 2.82. The fraction of sp³-hybridized carbons (Fsp3) is 0.200. The van der Waals surface area contributed by atoms with Crippen LogP contribution in [0, 0.1) is 5.82 Å². The van der Waals surface area contributed by atoms with E-state index in [-0.39, 0.29) is 12.4 Å². The van der Waals surface area contributed by atoms with Crippen LogP contribution in [-0.2, 0) is 12.5 Å². The highest BCUT2D eigenvalue weighted by Gasteiger charge is 2.11. The number of benzene rings is 1.